The van der Waals surface area contributed by atoms with Gasteiger partial charge in [-0.2, -0.15) is 0 Å². The first-order chi connectivity index (χ1) is 8.92. The van der Waals surface area contributed by atoms with Crippen molar-refractivity contribution in [1.29, 1.82) is 0 Å². The predicted octanol–water partition coefficient (Wildman–Crippen LogP) is 2.05. The Hall–Kier alpha value is -1.44. The molecule has 7 heteroatoms. The average Bonchev–Trinajstić information content (AvgIpc) is 2.71. The van der Waals surface area contributed by atoms with Crippen molar-refractivity contribution < 1.29 is 13.5 Å². The van der Waals surface area contributed by atoms with Gasteiger partial charge in [0.05, 0.1) is 12.3 Å². The molecule has 2 heterocycles. The molecule has 5 nitrogen and oxygen atoms in total. The molecular formula is C12H14N2O3S2. The molecule has 0 bridgehead atoms. The Balaban J connectivity index is 2.34. The fourth-order valence-electron chi connectivity index (χ4n) is 1.69. The van der Waals surface area contributed by atoms with Crippen molar-refractivity contribution in [3.63, 3.8) is 0 Å². The van der Waals surface area contributed by atoms with Gasteiger partial charge in [0.25, 0.3) is 10.0 Å². The lowest BCUT2D eigenvalue weighted by atomic mass is 10.3. The summed E-state index contributed by atoms with van der Waals surface area (Å²) >= 11 is 1.27. The number of aliphatic hydroxyl groups excluding tert-OH is 1. The highest BCUT2D eigenvalue weighted by Crippen LogP contribution is 2.27. The number of anilines is 1. The normalized spacial score (nSPS) is 11.5. The summed E-state index contributed by atoms with van der Waals surface area (Å²) in [6.45, 7) is 3.35. The Morgan fingerprint density at radius 3 is 2.68 bits per heavy atom. The molecule has 0 unspecified atom stereocenters. The third kappa shape index (κ3) is 3.12. The second-order valence-electron chi connectivity index (χ2n) is 4.08. The molecule has 102 valence electrons. The number of nitrogens with zero attached hydrogens (tertiary/aromatic N) is 1. The van der Waals surface area contributed by atoms with E-state index in [0.717, 1.165) is 5.69 Å². The number of nitrogens with one attached hydrogen (secondary N) is 1. The van der Waals surface area contributed by atoms with Crippen molar-refractivity contribution in [2.75, 3.05) is 4.72 Å². The molecule has 19 heavy (non-hydrogen) atoms. The number of aromatic nitrogens is 1. The van der Waals surface area contributed by atoms with Crippen LogP contribution in [0.1, 0.15) is 15.4 Å². The number of thiophene rings is 1. The Morgan fingerprint density at radius 1 is 1.37 bits per heavy atom. The van der Waals surface area contributed by atoms with E-state index in [1.807, 2.05) is 0 Å². The van der Waals surface area contributed by atoms with E-state index in [9.17, 15) is 8.42 Å². The van der Waals surface area contributed by atoms with Crippen LogP contribution in [0.25, 0.3) is 0 Å². The van der Waals surface area contributed by atoms with Crippen molar-refractivity contribution in [2.24, 2.45) is 0 Å². The number of hydrogen-bond donors (Lipinski definition) is 2. The van der Waals surface area contributed by atoms with Crippen LogP contribution in [-0.4, -0.2) is 18.5 Å². The molecule has 0 amide bonds. The summed E-state index contributed by atoms with van der Waals surface area (Å²) < 4.78 is 27.0. The van der Waals surface area contributed by atoms with Crippen LogP contribution in [0.2, 0.25) is 0 Å². The van der Waals surface area contributed by atoms with Crippen molar-refractivity contribution in [1.82, 2.24) is 4.98 Å². The second kappa shape index (κ2) is 5.28. The van der Waals surface area contributed by atoms with E-state index >= 15 is 0 Å². The van der Waals surface area contributed by atoms with Gasteiger partial charge in [-0.05, 0) is 32.0 Å². The summed E-state index contributed by atoms with van der Waals surface area (Å²) in [6.07, 6.45) is 1.55. The summed E-state index contributed by atoms with van der Waals surface area (Å²) in [5.74, 6) is 0. The first-order valence-corrected chi connectivity index (χ1v) is 7.88. The van der Waals surface area contributed by atoms with Gasteiger partial charge in [-0.3, -0.25) is 9.71 Å². The molecule has 0 aliphatic carbocycles. The first kappa shape index (κ1) is 14.0. The van der Waals surface area contributed by atoms with E-state index in [0.29, 0.717) is 15.4 Å². The van der Waals surface area contributed by atoms with E-state index in [2.05, 4.69) is 9.71 Å². The minimum absolute atomic E-state index is 0.157. The maximum Gasteiger partial charge on any atom is 0.263 e. The van der Waals surface area contributed by atoms with E-state index < -0.39 is 10.0 Å². The molecule has 0 radical (unpaired) electrons. The van der Waals surface area contributed by atoms with Crippen LogP contribution in [0.3, 0.4) is 0 Å². The second-order valence-corrected chi connectivity index (χ2v) is 7.07. The topological polar surface area (TPSA) is 79.3 Å². The highest BCUT2D eigenvalue weighted by molar-refractivity contribution is 7.93. The van der Waals surface area contributed by atoms with Crippen molar-refractivity contribution in [3.05, 3.63) is 39.8 Å². The number of aliphatic hydroxyl groups is 1. The van der Waals surface area contributed by atoms with Crippen LogP contribution in [0.5, 0.6) is 0 Å². The lowest BCUT2D eigenvalue weighted by Crippen LogP contribution is -2.13. The van der Waals surface area contributed by atoms with E-state index in [-0.39, 0.29) is 11.5 Å². The van der Waals surface area contributed by atoms with Crippen LogP contribution in [0.15, 0.2) is 29.3 Å². The molecule has 0 saturated heterocycles. The molecule has 0 aliphatic heterocycles. The zero-order valence-corrected chi connectivity index (χ0v) is 12.2. The van der Waals surface area contributed by atoms with Crippen LogP contribution in [0.4, 0.5) is 5.69 Å². The lowest BCUT2D eigenvalue weighted by molar-refractivity contribution is 0.285. The molecule has 0 atom stereocenters. The first-order valence-electron chi connectivity index (χ1n) is 5.58. The van der Waals surface area contributed by atoms with Gasteiger partial charge >= 0.3 is 0 Å². The minimum Gasteiger partial charge on any atom is -0.391 e. The molecular weight excluding hydrogens is 284 g/mol. The third-order valence-corrected chi connectivity index (χ3v) is 5.19. The molecule has 2 rings (SSSR count). The summed E-state index contributed by atoms with van der Waals surface area (Å²) in [4.78, 5) is 5.50. The molecule has 2 N–H and O–H groups in total. The standard InChI is InChI=1S/C12H14N2O3S2/c1-8-5-10(3-4-13-8)14-19(16,17)12-6-11(7-15)18-9(12)2/h3-6,15H,7H2,1-2H3,(H,13,14). The largest absolute Gasteiger partial charge is 0.391 e. The quantitative estimate of drug-likeness (QED) is 0.905. The highest BCUT2D eigenvalue weighted by Gasteiger charge is 2.19. The van der Waals surface area contributed by atoms with Crippen LogP contribution in [-0.2, 0) is 16.6 Å². The molecule has 0 aromatic carbocycles. The van der Waals surface area contributed by atoms with Gasteiger partial charge < -0.3 is 5.11 Å². The molecule has 2 aromatic heterocycles. The van der Waals surface area contributed by atoms with E-state index in [4.69, 9.17) is 5.11 Å². The summed E-state index contributed by atoms with van der Waals surface area (Å²) in [6, 6.07) is 4.75. The Morgan fingerprint density at radius 2 is 2.11 bits per heavy atom. The summed E-state index contributed by atoms with van der Waals surface area (Å²) in [5.41, 5.74) is 1.21. The summed E-state index contributed by atoms with van der Waals surface area (Å²) in [5, 5.41) is 9.05. The van der Waals surface area contributed by atoms with Gasteiger partial charge in [-0.25, -0.2) is 8.42 Å². The lowest BCUT2D eigenvalue weighted by Gasteiger charge is -2.07. The monoisotopic (exact) mass is 298 g/mol. The van der Waals surface area contributed by atoms with Crippen LogP contribution in [0, 0.1) is 13.8 Å². The Kier molecular flexibility index (Phi) is 3.88. The van der Waals surface area contributed by atoms with Crippen molar-refractivity contribution in [3.8, 4) is 0 Å². The number of hydrogen-bond acceptors (Lipinski definition) is 5. The van der Waals surface area contributed by atoms with Gasteiger partial charge in [-0.1, -0.05) is 0 Å². The Bertz CT molecular complexity index is 693. The predicted molar refractivity (Wildman–Crippen MR) is 74.8 cm³/mol. The van der Waals surface area contributed by atoms with Crippen LogP contribution >= 0.6 is 11.3 Å². The third-order valence-electron chi connectivity index (χ3n) is 2.52. The zero-order chi connectivity index (χ0) is 14.0. The Labute approximate surface area is 116 Å². The zero-order valence-electron chi connectivity index (χ0n) is 10.5. The van der Waals surface area contributed by atoms with Gasteiger partial charge in [-0.15, -0.1) is 11.3 Å². The van der Waals surface area contributed by atoms with E-state index in [1.165, 1.54) is 17.4 Å². The molecule has 0 aliphatic rings. The number of pyridine rings is 1. The molecule has 0 saturated carbocycles. The maximum absolute atomic E-state index is 12.3. The van der Waals surface area contributed by atoms with Gasteiger partial charge in [0.15, 0.2) is 0 Å². The smallest absolute Gasteiger partial charge is 0.263 e. The maximum atomic E-state index is 12.3. The van der Waals surface area contributed by atoms with Crippen molar-refractivity contribution in [2.45, 2.75) is 25.3 Å². The van der Waals surface area contributed by atoms with Gasteiger partial charge in [0.1, 0.15) is 4.90 Å². The minimum atomic E-state index is -3.63. The van der Waals surface area contributed by atoms with Crippen molar-refractivity contribution >= 4 is 27.0 Å². The highest BCUT2D eigenvalue weighted by atomic mass is 32.2. The average molecular weight is 298 g/mol. The number of sulfonamides is 1. The van der Waals surface area contributed by atoms with Gasteiger partial charge in [0.2, 0.25) is 0 Å². The van der Waals surface area contributed by atoms with Gasteiger partial charge in [0, 0.05) is 21.6 Å². The van der Waals surface area contributed by atoms with Crippen LogP contribution < -0.4 is 4.72 Å². The van der Waals surface area contributed by atoms with E-state index in [1.54, 1.807) is 32.2 Å². The molecule has 0 fully saturated rings. The summed E-state index contributed by atoms with van der Waals surface area (Å²) in [7, 11) is -3.63. The SMILES string of the molecule is Cc1cc(NS(=O)(=O)c2cc(CO)sc2C)ccn1. The molecule has 0 spiro atoms. The number of rotatable bonds is 4. The fourth-order valence-corrected chi connectivity index (χ4v) is 4.23. The fraction of sp³-hybridized carbons (Fsp3) is 0.250. The molecule has 2 aromatic rings. The number of aryl methyl sites for hydroxylation is 2.